The molecule has 0 aliphatic carbocycles. The number of aryl methyl sites for hydroxylation is 1. The first-order chi connectivity index (χ1) is 12.0. The number of hydrogen-bond acceptors (Lipinski definition) is 2. The molecule has 0 atom stereocenters. The maximum Gasteiger partial charge on any atom is 0.253 e. The molecule has 0 radical (unpaired) electrons. The summed E-state index contributed by atoms with van der Waals surface area (Å²) >= 11 is 0. The average Bonchev–Trinajstić information content (AvgIpc) is 2.62. The molecule has 1 heterocycles. The third-order valence-electron chi connectivity index (χ3n) is 5.19. The predicted octanol–water partition coefficient (Wildman–Crippen LogP) is 4.16. The number of likely N-dealkylation sites (tertiary alicyclic amines) is 1. The molecule has 1 aliphatic rings. The zero-order valence-corrected chi connectivity index (χ0v) is 15.5. The van der Waals surface area contributed by atoms with Crippen LogP contribution in [0.3, 0.4) is 0 Å². The topological polar surface area (TPSA) is 23.6 Å². The molecule has 0 spiro atoms. The number of carbonyl (C=O) groups excluding carboxylic acids is 1. The van der Waals surface area contributed by atoms with Gasteiger partial charge in [0.25, 0.3) is 5.91 Å². The fourth-order valence-corrected chi connectivity index (χ4v) is 3.76. The van der Waals surface area contributed by atoms with Crippen LogP contribution in [0.1, 0.15) is 34.3 Å². The molecular weight excluding hydrogens is 308 g/mol. The smallest absolute Gasteiger partial charge is 0.253 e. The van der Waals surface area contributed by atoms with Crippen molar-refractivity contribution >= 4 is 11.6 Å². The Bertz CT molecular complexity index is 716. The van der Waals surface area contributed by atoms with Crippen molar-refractivity contribution in [1.82, 2.24) is 4.90 Å². The Balaban J connectivity index is 1.59. The van der Waals surface area contributed by atoms with Crippen molar-refractivity contribution < 1.29 is 4.79 Å². The van der Waals surface area contributed by atoms with Crippen LogP contribution in [-0.2, 0) is 6.42 Å². The predicted molar refractivity (Wildman–Crippen MR) is 104 cm³/mol. The number of piperidine rings is 1. The lowest BCUT2D eigenvalue weighted by Crippen LogP contribution is -2.39. The van der Waals surface area contributed by atoms with E-state index in [-0.39, 0.29) is 5.91 Å². The van der Waals surface area contributed by atoms with E-state index in [2.05, 4.69) is 42.2 Å². The van der Waals surface area contributed by atoms with Crippen LogP contribution in [0.5, 0.6) is 0 Å². The SMILES string of the molecule is Cc1cc(C(=O)N2CCC(Cc3ccccc3)CC2)ccc1N(C)C. The summed E-state index contributed by atoms with van der Waals surface area (Å²) in [5.41, 5.74) is 4.53. The van der Waals surface area contributed by atoms with Crippen molar-refractivity contribution in [2.45, 2.75) is 26.2 Å². The Hall–Kier alpha value is -2.29. The Morgan fingerprint density at radius 3 is 2.36 bits per heavy atom. The minimum absolute atomic E-state index is 0.173. The molecule has 0 saturated carbocycles. The maximum atomic E-state index is 12.8. The monoisotopic (exact) mass is 336 g/mol. The fraction of sp³-hybridized carbons (Fsp3) is 0.409. The van der Waals surface area contributed by atoms with Crippen LogP contribution in [0.15, 0.2) is 48.5 Å². The van der Waals surface area contributed by atoms with E-state index < -0.39 is 0 Å². The lowest BCUT2D eigenvalue weighted by Gasteiger charge is -2.32. The quantitative estimate of drug-likeness (QED) is 0.837. The van der Waals surface area contributed by atoms with Crippen molar-refractivity contribution in [3.63, 3.8) is 0 Å². The molecule has 0 N–H and O–H groups in total. The molecule has 3 rings (SSSR count). The second-order valence-corrected chi connectivity index (χ2v) is 7.32. The van der Waals surface area contributed by atoms with Gasteiger partial charge in [0, 0.05) is 38.4 Å². The van der Waals surface area contributed by atoms with Crippen molar-refractivity contribution in [2.24, 2.45) is 5.92 Å². The molecule has 3 heteroatoms. The van der Waals surface area contributed by atoms with Gasteiger partial charge in [-0.15, -0.1) is 0 Å². The van der Waals surface area contributed by atoms with Crippen molar-refractivity contribution in [3.05, 3.63) is 65.2 Å². The standard InChI is InChI=1S/C22H28N2O/c1-17-15-20(9-10-21(17)23(2)3)22(25)24-13-11-19(12-14-24)16-18-7-5-4-6-8-18/h4-10,15,19H,11-14,16H2,1-3H3. The fourth-order valence-electron chi connectivity index (χ4n) is 3.76. The normalized spacial score (nSPS) is 15.2. The van der Waals surface area contributed by atoms with Gasteiger partial charge in [0.15, 0.2) is 0 Å². The molecule has 1 amide bonds. The van der Waals surface area contributed by atoms with Gasteiger partial charge in [-0.1, -0.05) is 30.3 Å². The van der Waals surface area contributed by atoms with E-state index in [4.69, 9.17) is 0 Å². The molecular formula is C22H28N2O. The zero-order chi connectivity index (χ0) is 17.8. The molecule has 1 fully saturated rings. The summed E-state index contributed by atoms with van der Waals surface area (Å²) in [5, 5.41) is 0. The number of carbonyl (C=O) groups is 1. The molecule has 1 saturated heterocycles. The van der Waals surface area contributed by atoms with E-state index in [1.54, 1.807) is 0 Å². The van der Waals surface area contributed by atoms with Gasteiger partial charge in [0.2, 0.25) is 0 Å². The van der Waals surface area contributed by atoms with Crippen LogP contribution in [0.25, 0.3) is 0 Å². The summed E-state index contributed by atoms with van der Waals surface area (Å²) < 4.78 is 0. The summed E-state index contributed by atoms with van der Waals surface area (Å²) in [6, 6.07) is 16.7. The molecule has 0 aromatic heterocycles. The number of amides is 1. The minimum Gasteiger partial charge on any atom is -0.377 e. The van der Waals surface area contributed by atoms with Crippen LogP contribution in [0.4, 0.5) is 5.69 Å². The third-order valence-corrected chi connectivity index (χ3v) is 5.19. The van der Waals surface area contributed by atoms with Gasteiger partial charge >= 0.3 is 0 Å². The minimum atomic E-state index is 0.173. The van der Waals surface area contributed by atoms with E-state index in [1.807, 2.05) is 37.2 Å². The van der Waals surface area contributed by atoms with Crippen molar-refractivity contribution in [3.8, 4) is 0 Å². The summed E-state index contributed by atoms with van der Waals surface area (Å²) in [6.45, 7) is 3.80. The number of nitrogens with zero attached hydrogens (tertiary/aromatic N) is 2. The first-order valence-electron chi connectivity index (χ1n) is 9.16. The highest BCUT2D eigenvalue weighted by atomic mass is 16.2. The third kappa shape index (κ3) is 4.22. The van der Waals surface area contributed by atoms with E-state index in [1.165, 1.54) is 5.56 Å². The number of hydrogen-bond donors (Lipinski definition) is 0. The molecule has 25 heavy (non-hydrogen) atoms. The van der Waals surface area contributed by atoms with Crippen LogP contribution >= 0.6 is 0 Å². The highest BCUT2D eigenvalue weighted by Gasteiger charge is 2.24. The molecule has 2 aromatic carbocycles. The zero-order valence-electron chi connectivity index (χ0n) is 15.5. The van der Waals surface area contributed by atoms with Crippen LogP contribution in [-0.4, -0.2) is 38.0 Å². The van der Waals surface area contributed by atoms with Gasteiger partial charge in [0.05, 0.1) is 0 Å². The summed E-state index contributed by atoms with van der Waals surface area (Å²) in [6.07, 6.45) is 3.31. The molecule has 132 valence electrons. The Labute approximate surface area is 151 Å². The van der Waals surface area contributed by atoms with Gasteiger partial charge in [-0.2, -0.15) is 0 Å². The second kappa shape index (κ2) is 7.73. The van der Waals surface area contributed by atoms with E-state index in [0.717, 1.165) is 49.2 Å². The molecule has 0 bridgehead atoms. The molecule has 1 aliphatic heterocycles. The summed E-state index contributed by atoms with van der Waals surface area (Å²) in [5.74, 6) is 0.857. The van der Waals surface area contributed by atoms with Crippen LogP contribution < -0.4 is 4.90 Å². The highest BCUT2D eigenvalue weighted by molar-refractivity contribution is 5.95. The highest BCUT2D eigenvalue weighted by Crippen LogP contribution is 2.24. The van der Waals surface area contributed by atoms with Gasteiger partial charge < -0.3 is 9.80 Å². The lowest BCUT2D eigenvalue weighted by atomic mass is 9.90. The first-order valence-corrected chi connectivity index (χ1v) is 9.16. The average molecular weight is 336 g/mol. The summed E-state index contributed by atoms with van der Waals surface area (Å²) in [7, 11) is 4.06. The van der Waals surface area contributed by atoms with Crippen LogP contribution in [0.2, 0.25) is 0 Å². The molecule has 0 unspecified atom stereocenters. The lowest BCUT2D eigenvalue weighted by molar-refractivity contribution is 0.0690. The Morgan fingerprint density at radius 2 is 1.76 bits per heavy atom. The first kappa shape index (κ1) is 17.5. The molecule has 2 aromatic rings. The maximum absolute atomic E-state index is 12.8. The van der Waals surface area contributed by atoms with E-state index >= 15 is 0 Å². The van der Waals surface area contributed by atoms with Gasteiger partial charge in [-0.25, -0.2) is 0 Å². The Kier molecular flexibility index (Phi) is 5.42. The number of benzene rings is 2. The van der Waals surface area contributed by atoms with Crippen molar-refractivity contribution in [2.75, 3.05) is 32.1 Å². The van der Waals surface area contributed by atoms with Gasteiger partial charge in [0.1, 0.15) is 0 Å². The van der Waals surface area contributed by atoms with Gasteiger partial charge in [-0.3, -0.25) is 4.79 Å². The van der Waals surface area contributed by atoms with Crippen molar-refractivity contribution in [1.29, 1.82) is 0 Å². The number of rotatable bonds is 4. The summed E-state index contributed by atoms with van der Waals surface area (Å²) in [4.78, 5) is 16.9. The van der Waals surface area contributed by atoms with E-state index in [0.29, 0.717) is 5.92 Å². The Morgan fingerprint density at radius 1 is 1.08 bits per heavy atom. The van der Waals surface area contributed by atoms with Crippen LogP contribution in [0, 0.1) is 12.8 Å². The second-order valence-electron chi connectivity index (χ2n) is 7.32. The van der Waals surface area contributed by atoms with Gasteiger partial charge in [-0.05, 0) is 61.4 Å². The largest absolute Gasteiger partial charge is 0.377 e. The number of anilines is 1. The molecule has 3 nitrogen and oxygen atoms in total. The van der Waals surface area contributed by atoms with E-state index in [9.17, 15) is 4.79 Å².